The Morgan fingerprint density at radius 3 is 2.03 bits per heavy atom. The van der Waals surface area contributed by atoms with Crippen LogP contribution >= 0.6 is 0 Å². The van der Waals surface area contributed by atoms with Gasteiger partial charge in [0.05, 0.1) is 0 Å². The molecule has 168 valence electrons. The maximum absolute atomic E-state index is 2.60. The van der Waals surface area contributed by atoms with Gasteiger partial charge in [-0.3, -0.25) is 0 Å². The van der Waals surface area contributed by atoms with Gasteiger partial charge in [0, 0.05) is 0 Å². The Hall–Kier alpha value is -1.82. The van der Waals surface area contributed by atoms with Gasteiger partial charge >= 0.3 is 0 Å². The van der Waals surface area contributed by atoms with Crippen LogP contribution in [-0.2, 0) is 17.3 Å². The molecule has 0 N–H and O–H groups in total. The highest BCUT2D eigenvalue weighted by atomic mass is 14.4. The Morgan fingerprint density at radius 1 is 0.806 bits per heavy atom. The molecule has 0 amide bonds. The number of unbranched alkanes of at least 4 members (excludes halogenated alkanes) is 5. The zero-order valence-corrected chi connectivity index (χ0v) is 21.0. The van der Waals surface area contributed by atoms with Crippen LogP contribution < -0.4 is 0 Å². The highest BCUT2D eigenvalue weighted by Gasteiger charge is 2.37. The number of rotatable bonds is 9. The van der Waals surface area contributed by atoms with Crippen molar-refractivity contribution in [3.05, 3.63) is 70.3 Å². The molecule has 0 spiro atoms. The second kappa shape index (κ2) is 10.2. The fourth-order valence-electron chi connectivity index (χ4n) is 5.21. The summed E-state index contributed by atoms with van der Waals surface area (Å²) in [6.07, 6.45) is 14.2. The van der Waals surface area contributed by atoms with E-state index in [-0.39, 0.29) is 10.8 Å². The minimum Gasteiger partial charge on any atom is -0.0654 e. The number of fused-ring (bicyclic) bond motifs is 1. The first kappa shape index (κ1) is 23.8. The van der Waals surface area contributed by atoms with Gasteiger partial charge in [0.15, 0.2) is 0 Å². The van der Waals surface area contributed by atoms with Gasteiger partial charge in [-0.25, -0.2) is 0 Å². The van der Waals surface area contributed by atoms with Crippen LogP contribution in [0.3, 0.4) is 0 Å². The molecule has 0 fully saturated rings. The maximum Gasteiger partial charge on any atom is -0.0100 e. The Morgan fingerprint density at radius 2 is 1.39 bits per heavy atom. The van der Waals surface area contributed by atoms with Crippen LogP contribution in [0.2, 0.25) is 0 Å². The Kier molecular flexibility index (Phi) is 7.84. The molecular weight excluding hydrogens is 372 g/mol. The SMILES string of the molecule is CCCCCCCCc1cc2c(cc1C(C)=Cc1ccccc1)C(C)(C)CCC2(C)C. The molecule has 0 atom stereocenters. The molecule has 2 aromatic rings. The molecular formula is C31H44. The summed E-state index contributed by atoms with van der Waals surface area (Å²) in [5.74, 6) is 0. The summed E-state index contributed by atoms with van der Waals surface area (Å²) < 4.78 is 0. The second-order valence-corrected chi connectivity index (χ2v) is 11.1. The van der Waals surface area contributed by atoms with Crippen molar-refractivity contribution in [1.29, 1.82) is 0 Å². The molecule has 0 heterocycles. The van der Waals surface area contributed by atoms with Gasteiger partial charge in [-0.2, -0.15) is 0 Å². The summed E-state index contributed by atoms with van der Waals surface area (Å²) in [7, 11) is 0. The summed E-state index contributed by atoms with van der Waals surface area (Å²) in [6, 6.07) is 16.0. The third-order valence-electron chi connectivity index (χ3n) is 7.48. The van der Waals surface area contributed by atoms with Crippen LogP contribution in [-0.4, -0.2) is 0 Å². The predicted octanol–water partition coefficient (Wildman–Crippen LogP) is 9.50. The molecule has 0 unspecified atom stereocenters. The Balaban J connectivity index is 1.97. The van der Waals surface area contributed by atoms with E-state index in [0.717, 1.165) is 0 Å². The normalized spacial score (nSPS) is 17.4. The molecule has 0 saturated heterocycles. The van der Waals surface area contributed by atoms with E-state index in [1.165, 1.54) is 74.5 Å². The quantitative estimate of drug-likeness (QED) is 0.282. The molecule has 1 aliphatic carbocycles. The van der Waals surface area contributed by atoms with Crippen molar-refractivity contribution in [3.8, 4) is 0 Å². The molecule has 3 rings (SSSR count). The fraction of sp³-hybridized carbons (Fsp3) is 0.548. The number of allylic oxidation sites excluding steroid dienone is 1. The number of benzene rings is 2. The maximum atomic E-state index is 2.60. The Labute approximate surface area is 192 Å². The van der Waals surface area contributed by atoms with Crippen molar-refractivity contribution < 1.29 is 0 Å². The van der Waals surface area contributed by atoms with Crippen LogP contribution in [0.25, 0.3) is 11.6 Å². The van der Waals surface area contributed by atoms with Crippen LogP contribution in [0.5, 0.6) is 0 Å². The standard InChI is InChI=1S/C31H44/c1-7-8-9-10-11-15-18-26-22-28-29(31(5,6)20-19-30(28,3)4)23-27(26)24(2)21-25-16-13-12-14-17-25/h12-14,16-17,21-23H,7-11,15,18-20H2,1-6H3. The highest BCUT2D eigenvalue weighted by molar-refractivity contribution is 5.82. The van der Waals surface area contributed by atoms with Gasteiger partial charge in [-0.1, -0.05) is 115 Å². The summed E-state index contributed by atoms with van der Waals surface area (Å²) >= 11 is 0. The molecule has 0 saturated carbocycles. The molecule has 0 bridgehead atoms. The van der Waals surface area contributed by atoms with E-state index in [4.69, 9.17) is 0 Å². The van der Waals surface area contributed by atoms with Gasteiger partial charge < -0.3 is 0 Å². The summed E-state index contributed by atoms with van der Waals surface area (Å²) in [5, 5.41) is 0. The lowest BCUT2D eigenvalue weighted by Crippen LogP contribution is -2.34. The third kappa shape index (κ3) is 5.91. The lowest BCUT2D eigenvalue weighted by molar-refractivity contribution is 0.331. The molecule has 31 heavy (non-hydrogen) atoms. The molecule has 2 aromatic carbocycles. The second-order valence-electron chi connectivity index (χ2n) is 11.1. The van der Waals surface area contributed by atoms with E-state index in [2.05, 4.69) is 90.1 Å². The molecule has 0 aliphatic heterocycles. The lowest BCUT2D eigenvalue weighted by Gasteiger charge is -2.42. The molecule has 0 radical (unpaired) electrons. The average molecular weight is 417 g/mol. The smallest absolute Gasteiger partial charge is 0.0100 e. The van der Waals surface area contributed by atoms with Crippen molar-refractivity contribution in [2.24, 2.45) is 0 Å². The first-order valence-corrected chi connectivity index (χ1v) is 12.7. The molecule has 0 nitrogen and oxygen atoms in total. The Bertz CT molecular complexity index is 880. The molecule has 0 aromatic heterocycles. The van der Waals surface area contributed by atoms with Gasteiger partial charge in [0.25, 0.3) is 0 Å². The van der Waals surface area contributed by atoms with Crippen molar-refractivity contribution in [1.82, 2.24) is 0 Å². The summed E-state index contributed by atoms with van der Waals surface area (Å²) in [4.78, 5) is 0. The number of hydrogen-bond acceptors (Lipinski definition) is 0. The molecule has 0 heteroatoms. The van der Waals surface area contributed by atoms with Crippen LogP contribution in [0, 0.1) is 0 Å². The number of aryl methyl sites for hydroxylation is 1. The van der Waals surface area contributed by atoms with Gasteiger partial charge in [0.1, 0.15) is 0 Å². The van der Waals surface area contributed by atoms with E-state index in [9.17, 15) is 0 Å². The van der Waals surface area contributed by atoms with Crippen molar-refractivity contribution in [3.63, 3.8) is 0 Å². The van der Waals surface area contributed by atoms with Crippen molar-refractivity contribution in [2.45, 2.75) is 110 Å². The van der Waals surface area contributed by atoms with Crippen molar-refractivity contribution in [2.75, 3.05) is 0 Å². The van der Waals surface area contributed by atoms with Gasteiger partial charge in [-0.15, -0.1) is 0 Å². The largest absolute Gasteiger partial charge is 0.0654 e. The zero-order valence-electron chi connectivity index (χ0n) is 21.0. The third-order valence-corrected chi connectivity index (χ3v) is 7.48. The first-order valence-electron chi connectivity index (χ1n) is 12.7. The van der Waals surface area contributed by atoms with Gasteiger partial charge in [0.2, 0.25) is 0 Å². The summed E-state index contributed by atoms with van der Waals surface area (Å²) in [5.41, 5.74) is 9.43. The van der Waals surface area contributed by atoms with E-state index in [1.54, 1.807) is 16.7 Å². The monoisotopic (exact) mass is 416 g/mol. The first-order chi connectivity index (χ1) is 14.7. The minimum absolute atomic E-state index is 0.255. The fourth-order valence-corrected chi connectivity index (χ4v) is 5.21. The number of hydrogen-bond donors (Lipinski definition) is 0. The molecule has 1 aliphatic rings. The van der Waals surface area contributed by atoms with Crippen LogP contribution in [0.1, 0.15) is 121 Å². The summed E-state index contributed by atoms with van der Waals surface area (Å²) in [6.45, 7) is 14.4. The lowest BCUT2D eigenvalue weighted by atomic mass is 9.62. The van der Waals surface area contributed by atoms with E-state index >= 15 is 0 Å². The van der Waals surface area contributed by atoms with Crippen LogP contribution in [0.15, 0.2) is 42.5 Å². The minimum atomic E-state index is 0.255. The van der Waals surface area contributed by atoms with Crippen molar-refractivity contribution >= 4 is 11.6 Å². The van der Waals surface area contributed by atoms with E-state index in [0.29, 0.717) is 0 Å². The van der Waals surface area contributed by atoms with Gasteiger partial charge in [-0.05, 0) is 76.8 Å². The van der Waals surface area contributed by atoms with E-state index in [1.807, 2.05) is 0 Å². The topological polar surface area (TPSA) is 0 Å². The predicted molar refractivity (Wildman–Crippen MR) is 139 cm³/mol. The van der Waals surface area contributed by atoms with E-state index < -0.39 is 0 Å². The highest BCUT2D eigenvalue weighted by Crippen LogP contribution is 2.47. The average Bonchev–Trinajstić information content (AvgIpc) is 2.74. The zero-order chi connectivity index (χ0) is 22.5. The van der Waals surface area contributed by atoms with Crippen LogP contribution in [0.4, 0.5) is 0 Å².